The van der Waals surface area contributed by atoms with E-state index in [4.69, 9.17) is 0 Å². The van der Waals surface area contributed by atoms with E-state index in [9.17, 15) is 9.59 Å². The normalized spacial score (nSPS) is 21.4. The summed E-state index contributed by atoms with van der Waals surface area (Å²) >= 11 is 0. The summed E-state index contributed by atoms with van der Waals surface area (Å²) in [6.45, 7) is 2.50. The first kappa shape index (κ1) is 15.8. The second-order valence-electron chi connectivity index (χ2n) is 6.31. The van der Waals surface area contributed by atoms with E-state index in [1.807, 2.05) is 6.07 Å². The number of carbonyl (C=O) groups excluding carboxylic acids is 1. The van der Waals surface area contributed by atoms with Crippen LogP contribution >= 0.6 is 0 Å². The molecule has 2 unspecified atom stereocenters. The van der Waals surface area contributed by atoms with Crippen molar-refractivity contribution in [3.8, 4) is 0 Å². The molecule has 0 bridgehead atoms. The Morgan fingerprint density at radius 1 is 1.35 bits per heavy atom. The van der Waals surface area contributed by atoms with Crippen LogP contribution < -0.4 is 11.0 Å². The van der Waals surface area contributed by atoms with Crippen LogP contribution in [0.1, 0.15) is 45.4 Å². The molecule has 2 heterocycles. The lowest BCUT2D eigenvalue weighted by atomic mass is 9.83. The van der Waals surface area contributed by atoms with Gasteiger partial charge in [0.1, 0.15) is 0 Å². The molecular formula is C17H24N4O2. The summed E-state index contributed by atoms with van der Waals surface area (Å²) in [5.41, 5.74) is 0.411. The van der Waals surface area contributed by atoms with Gasteiger partial charge in [0.05, 0.1) is 6.54 Å². The van der Waals surface area contributed by atoms with Crippen molar-refractivity contribution in [3.05, 3.63) is 34.9 Å². The predicted octanol–water partition coefficient (Wildman–Crippen LogP) is 1.97. The fourth-order valence-corrected chi connectivity index (χ4v) is 3.49. The van der Waals surface area contributed by atoms with E-state index in [1.165, 1.54) is 28.3 Å². The van der Waals surface area contributed by atoms with Crippen LogP contribution in [0.5, 0.6) is 0 Å². The predicted molar refractivity (Wildman–Crippen MR) is 88.2 cm³/mol. The highest BCUT2D eigenvalue weighted by molar-refractivity contribution is 5.76. The van der Waals surface area contributed by atoms with Gasteiger partial charge in [0.15, 0.2) is 5.65 Å². The first-order chi connectivity index (χ1) is 11.2. The molecule has 1 aliphatic rings. The minimum absolute atomic E-state index is 0.0132. The van der Waals surface area contributed by atoms with Gasteiger partial charge < -0.3 is 5.32 Å². The average molecular weight is 316 g/mol. The molecule has 6 heteroatoms. The Labute approximate surface area is 135 Å². The smallest absolute Gasteiger partial charge is 0.350 e. The average Bonchev–Trinajstić information content (AvgIpc) is 2.90. The molecule has 2 aromatic rings. The second kappa shape index (κ2) is 6.98. The first-order valence-electron chi connectivity index (χ1n) is 8.52. The molecule has 2 atom stereocenters. The summed E-state index contributed by atoms with van der Waals surface area (Å²) < 4.78 is 2.86. The topological polar surface area (TPSA) is 68.4 Å². The minimum Gasteiger partial charge on any atom is -0.353 e. The molecule has 3 rings (SSSR count). The van der Waals surface area contributed by atoms with E-state index >= 15 is 0 Å². The third kappa shape index (κ3) is 3.46. The third-order valence-corrected chi connectivity index (χ3v) is 4.82. The van der Waals surface area contributed by atoms with Crippen LogP contribution in [-0.2, 0) is 11.3 Å². The monoisotopic (exact) mass is 316 g/mol. The Morgan fingerprint density at radius 2 is 2.17 bits per heavy atom. The molecule has 0 spiro atoms. The number of fused-ring (bicyclic) bond motifs is 1. The fraction of sp³-hybridized carbons (Fsp3) is 0.588. The second-order valence-corrected chi connectivity index (χ2v) is 6.31. The van der Waals surface area contributed by atoms with E-state index in [0.717, 1.165) is 12.8 Å². The molecule has 124 valence electrons. The van der Waals surface area contributed by atoms with Gasteiger partial charge in [-0.25, -0.2) is 9.48 Å². The highest BCUT2D eigenvalue weighted by Gasteiger charge is 2.24. The molecule has 1 aliphatic carbocycles. The summed E-state index contributed by atoms with van der Waals surface area (Å²) in [7, 11) is 0. The number of aromatic nitrogens is 3. The highest BCUT2D eigenvalue weighted by Crippen LogP contribution is 2.26. The minimum atomic E-state index is -0.197. The van der Waals surface area contributed by atoms with Crippen molar-refractivity contribution in [2.75, 3.05) is 0 Å². The zero-order valence-corrected chi connectivity index (χ0v) is 13.6. The van der Waals surface area contributed by atoms with E-state index in [-0.39, 0.29) is 18.0 Å². The van der Waals surface area contributed by atoms with Crippen LogP contribution in [0.25, 0.3) is 5.65 Å². The van der Waals surface area contributed by atoms with Crippen molar-refractivity contribution in [1.29, 1.82) is 0 Å². The lowest BCUT2D eigenvalue weighted by Gasteiger charge is -2.31. The van der Waals surface area contributed by atoms with Gasteiger partial charge in [-0.3, -0.25) is 9.20 Å². The summed E-state index contributed by atoms with van der Waals surface area (Å²) in [5.74, 6) is 0.602. The maximum Gasteiger partial charge on any atom is 0.350 e. The van der Waals surface area contributed by atoms with Crippen molar-refractivity contribution in [3.63, 3.8) is 0 Å². The van der Waals surface area contributed by atoms with Crippen LogP contribution in [-0.4, -0.2) is 26.1 Å². The number of nitrogens with zero attached hydrogens (tertiary/aromatic N) is 3. The van der Waals surface area contributed by atoms with E-state index in [2.05, 4.69) is 17.3 Å². The number of nitrogens with one attached hydrogen (secondary N) is 1. The molecule has 6 nitrogen and oxygen atoms in total. The van der Waals surface area contributed by atoms with Gasteiger partial charge in [-0.1, -0.05) is 32.3 Å². The largest absolute Gasteiger partial charge is 0.353 e. The lowest BCUT2D eigenvalue weighted by molar-refractivity contribution is -0.122. The van der Waals surface area contributed by atoms with Gasteiger partial charge in [0.25, 0.3) is 0 Å². The van der Waals surface area contributed by atoms with Gasteiger partial charge >= 0.3 is 5.69 Å². The van der Waals surface area contributed by atoms with Crippen molar-refractivity contribution in [2.24, 2.45) is 5.92 Å². The maximum atomic E-state index is 12.2. The van der Waals surface area contributed by atoms with Crippen LogP contribution in [0.4, 0.5) is 0 Å². The molecule has 0 radical (unpaired) electrons. The lowest BCUT2D eigenvalue weighted by Crippen LogP contribution is -2.42. The number of hydrogen-bond acceptors (Lipinski definition) is 3. The SMILES string of the molecule is CCC1CCCCC1NC(=O)CCn1nc2ccccn2c1=O. The van der Waals surface area contributed by atoms with Gasteiger partial charge in [-0.15, -0.1) is 5.10 Å². The molecule has 0 saturated heterocycles. The quantitative estimate of drug-likeness (QED) is 0.917. The molecule has 23 heavy (non-hydrogen) atoms. The zero-order valence-electron chi connectivity index (χ0n) is 13.6. The molecule has 1 N–H and O–H groups in total. The molecular weight excluding hydrogens is 292 g/mol. The molecule has 1 saturated carbocycles. The molecule has 1 fully saturated rings. The number of pyridine rings is 1. The van der Waals surface area contributed by atoms with Crippen LogP contribution in [0.15, 0.2) is 29.2 Å². The maximum absolute atomic E-state index is 12.2. The zero-order chi connectivity index (χ0) is 16.2. The number of rotatable bonds is 5. The summed E-state index contributed by atoms with van der Waals surface area (Å²) in [6, 6.07) is 5.71. The number of carbonyl (C=O) groups is 1. The van der Waals surface area contributed by atoms with E-state index < -0.39 is 0 Å². The Kier molecular flexibility index (Phi) is 4.79. The summed E-state index contributed by atoms with van der Waals surface area (Å²) in [6.07, 6.45) is 7.81. The van der Waals surface area contributed by atoms with E-state index in [0.29, 0.717) is 24.2 Å². The standard InChI is InChI=1S/C17H24N4O2/c1-2-13-7-3-4-8-14(13)18-16(22)10-12-21-17(23)20-11-6-5-9-15(20)19-21/h5-6,9,11,13-14H,2-4,7-8,10,12H2,1H3,(H,18,22). The number of aryl methyl sites for hydroxylation is 1. The number of amides is 1. The molecule has 2 aromatic heterocycles. The van der Waals surface area contributed by atoms with Crippen molar-refractivity contribution in [1.82, 2.24) is 19.5 Å². The van der Waals surface area contributed by atoms with Gasteiger partial charge in [-0.2, -0.15) is 0 Å². The van der Waals surface area contributed by atoms with Gasteiger partial charge in [0, 0.05) is 18.7 Å². The van der Waals surface area contributed by atoms with Gasteiger partial charge in [0.2, 0.25) is 5.91 Å². The Bertz CT molecular complexity index is 734. The Morgan fingerprint density at radius 3 is 2.96 bits per heavy atom. The van der Waals surface area contributed by atoms with Crippen molar-refractivity contribution in [2.45, 2.75) is 58.0 Å². The molecule has 0 aliphatic heterocycles. The third-order valence-electron chi connectivity index (χ3n) is 4.82. The summed E-state index contributed by atoms with van der Waals surface area (Å²) in [4.78, 5) is 24.4. The van der Waals surface area contributed by atoms with Gasteiger partial charge in [-0.05, 0) is 30.9 Å². The first-order valence-corrected chi connectivity index (χ1v) is 8.52. The van der Waals surface area contributed by atoms with Crippen molar-refractivity contribution < 1.29 is 4.79 Å². The van der Waals surface area contributed by atoms with Crippen molar-refractivity contribution >= 4 is 11.6 Å². The van der Waals surface area contributed by atoms with Crippen LogP contribution in [0.3, 0.4) is 0 Å². The molecule has 0 aromatic carbocycles. The Balaban J connectivity index is 1.60. The fourth-order valence-electron chi connectivity index (χ4n) is 3.49. The van der Waals surface area contributed by atoms with Crippen LogP contribution in [0.2, 0.25) is 0 Å². The van der Waals surface area contributed by atoms with Crippen LogP contribution in [0, 0.1) is 5.92 Å². The summed E-state index contributed by atoms with van der Waals surface area (Å²) in [5, 5.41) is 7.40. The number of hydrogen-bond donors (Lipinski definition) is 1. The Hall–Kier alpha value is -2.11. The highest BCUT2D eigenvalue weighted by atomic mass is 16.2. The molecule has 1 amide bonds. The van der Waals surface area contributed by atoms with E-state index in [1.54, 1.807) is 18.3 Å².